The van der Waals surface area contributed by atoms with E-state index in [0.29, 0.717) is 5.41 Å². The van der Waals surface area contributed by atoms with Gasteiger partial charge in [-0.25, -0.2) is 0 Å². The Kier molecular flexibility index (Phi) is 1.73. The molecule has 1 unspecified atom stereocenters. The van der Waals surface area contributed by atoms with Crippen LogP contribution in [0.4, 0.5) is 0 Å². The fraction of sp³-hybridized carbons (Fsp3) is 0.600. The number of nitrogens with one attached hydrogen (secondary N) is 1. The van der Waals surface area contributed by atoms with Crippen LogP contribution in [0.1, 0.15) is 23.3 Å². The standard InChI is InChI=1S/C10H12ClNS/c11-9-5-7-8(13-9)1-2-10(7)3-4-12-6-10/h5,12H,1-4,6H2. The molecule has 1 aromatic rings. The molecule has 2 heterocycles. The van der Waals surface area contributed by atoms with Gasteiger partial charge in [0.25, 0.3) is 0 Å². The summed E-state index contributed by atoms with van der Waals surface area (Å²) < 4.78 is 0.968. The number of halogens is 1. The van der Waals surface area contributed by atoms with Gasteiger partial charge in [0.1, 0.15) is 0 Å². The Morgan fingerprint density at radius 1 is 1.46 bits per heavy atom. The molecule has 1 saturated heterocycles. The normalized spacial score (nSPS) is 31.5. The van der Waals surface area contributed by atoms with E-state index in [2.05, 4.69) is 11.4 Å². The van der Waals surface area contributed by atoms with Crippen LogP contribution in [-0.2, 0) is 11.8 Å². The number of hydrogen-bond donors (Lipinski definition) is 1. The van der Waals surface area contributed by atoms with Crippen LogP contribution in [0.2, 0.25) is 4.34 Å². The quantitative estimate of drug-likeness (QED) is 0.699. The molecule has 1 fully saturated rings. The summed E-state index contributed by atoms with van der Waals surface area (Å²) in [5.41, 5.74) is 2.01. The molecule has 0 bridgehead atoms. The Labute approximate surface area is 87.1 Å². The van der Waals surface area contributed by atoms with Crippen LogP contribution in [0.15, 0.2) is 6.07 Å². The summed E-state index contributed by atoms with van der Waals surface area (Å²) in [6.07, 6.45) is 3.87. The first-order chi connectivity index (χ1) is 6.30. The summed E-state index contributed by atoms with van der Waals surface area (Å²) in [6, 6.07) is 2.20. The number of hydrogen-bond acceptors (Lipinski definition) is 2. The van der Waals surface area contributed by atoms with Crippen LogP contribution in [0.3, 0.4) is 0 Å². The summed E-state index contributed by atoms with van der Waals surface area (Å²) in [6.45, 7) is 2.33. The molecule has 0 aromatic carbocycles. The van der Waals surface area contributed by atoms with E-state index in [1.807, 2.05) is 0 Å². The maximum absolute atomic E-state index is 6.04. The highest BCUT2D eigenvalue weighted by molar-refractivity contribution is 7.16. The molecule has 1 aliphatic carbocycles. The average molecular weight is 214 g/mol. The first kappa shape index (κ1) is 8.27. The van der Waals surface area contributed by atoms with Gasteiger partial charge in [-0.05, 0) is 37.4 Å². The van der Waals surface area contributed by atoms with Gasteiger partial charge in [-0.2, -0.15) is 0 Å². The second kappa shape index (κ2) is 2.72. The molecule has 1 aliphatic heterocycles. The monoisotopic (exact) mass is 213 g/mol. The third-order valence-electron chi connectivity index (χ3n) is 3.42. The van der Waals surface area contributed by atoms with Crippen molar-refractivity contribution in [1.29, 1.82) is 0 Å². The summed E-state index contributed by atoms with van der Waals surface area (Å²) in [5.74, 6) is 0. The number of fused-ring (bicyclic) bond motifs is 2. The average Bonchev–Trinajstić information content (AvgIpc) is 2.73. The first-order valence-electron chi connectivity index (χ1n) is 4.80. The predicted octanol–water partition coefficient (Wildman–Crippen LogP) is 2.58. The highest BCUT2D eigenvalue weighted by atomic mass is 35.5. The fourth-order valence-electron chi connectivity index (χ4n) is 2.71. The maximum atomic E-state index is 6.04. The van der Waals surface area contributed by atoms with Gasteiger partial charge in [0.05, 0.1) is 4.34 Å². The Balaban J connectivity index is 2.09. The van der Waals surface area contributed by atoms with Crippen LogP contribution in [-0.4, -0.2) is 13.1 Å². The van der Waals surface area contributed by atoms with Crippen molar-refractivity contribution >= 4 is 22.9 Å². The molecule has 0 radical (unpaired) electrons. The zero-order valence-corrected chi connectivity index (χ0v) is 8.97. The van der Waals surface area contributed by atoms with Gasteiger partial charge >= 0.3 is 0 Å². The lowest BCUT2D eigenvalue weighted by molar-refractivity contribution is 0.468. The SMILES string of the molecule is Clc1cc2c(s1)CCC21CCNC1. The molecule has 1 atom stereocenters. The molecule has 13 heavy (non-hydrogen) atoms. The third-order valence-corrected chi connectivity index (χ3v) is 4.75. The van der Waals surface area contributed by atoms with Crippen LogP contribution < -0.4 is 5.32 Å². The summed E-state index contributed by atoms with van der Waals surface area (Å²) in [5, 5.41) is 3.47. The fourth-order valence-corrected chi connectivity index (χ4v) is 4.10. The van der Waals surface area contributed by atoms with Crippen molar-refractivity contribution in [3.05, 3.63) is 20.8 Å². The topological polar surface area (TPSA) is 12.0 Å². The minimum atomic E-state index is 0.457. The molecule has 0 saturated carbocycles. The van der Waals surface area contributed by atoms with Crippen LogP contribution in [0.5, 0.6) is 0 Å². The van der Waals surface area contributed by atoms with E-state index in [0.717, 1.165) is 10.9 Å². The Morgan fingerprint density at radius 2 is 2.38 bits per heavy atom. The molecule has 1 spiro atoms. The van der Waals surface area contributed by atoms with E-state index >= 15 is 0 Å². The zero-order valence-electron chi connectivity index (χ0n) is 7.40. The lowest BCUT2D eigenvalue weighted by Gasteiger charge is -2.21. The van der Waals surface area contributed by atoms with Gasteiger partial charge in [0.15, 0.2) is 0 Å². The lowest BCUT2D eigenvalue weighted by atomic mass is 9.82. The maximum Gasteiger partial charge on any atom is 0.0934 e. The van der Waals surface area contributed by atoms with Gasteiger partial charge in [-0.3, -0.25) is 0 Å². The Hall–Kier alpha value is -0.0500. The smallest absolute Gasteiger partial charge is 0.0934 e. The van der Waals surface area contributed by atoms with Gasteiger partial charge in [0.2, 0.25) is 0 Å². The predicted molar refractivity (Wildman–Crippen MR) is 56.8 cm³/mol. The second-order valence-electron chi connectivity index (χ2n) is 4.09. The molecule has 1 nitrogen and oxygen atoms in total. The molecule has 1 aromatic heterocycles. The van der Waals surface area contributed by atoms with Crippen molar-refractivity contribution in [2.45, 2.75) is 24.7 Å². The van der Waals surface area contributed by atoms with Crippen LogP contribution in [0, 0.1) is 0 Å². The minimum Gasteiger partial charge on any atom is -0.316 e. The van der Waals surface area contributed by atoms with E-state index in [9.17, 15) is 0 Å². The highest BCUT2D eigenvalue weighted by Crippen LogP contribution is 2.47. The first-order valence-corrected chi connectivity index (χ1v) is 5.99. The molecule has 3 rings (SSSR count). The highest BCUT2D eigenvalue weighted by Gasteiger charge is 2.42. The van der Waals surface area contributed by atoms with E-state index in [-0.39, 0.29) is 0 Å². The molecule has 1 N–H and O–H groups in total. The largest absolute Gasteiger partial charge is 0.316 e. The Bertz CT molecular complexity index is 339. The van der Waals surface area contributed by atoms with Gasteiger partial charge < -0.3 is 5.32 Å². The molecule has 70 valence electrons. The minimum absolute atomic E-state index is 0.457. The number of aryl methyl sites for hydroxylation is 1. The molecular formula is C10H12ClNS. The van der Waals surface area contributed by atoms with Crippen molar-refractivity contribution in [3.8, 4) is 0 Å². The van der Waals surface area contributed by atoms with Crippen molar-refractivity contribution in [1.82, 2.24) is 5.32 Å². The second-order valence-corrected chi connectivity index (χ2v) is 5.86. The Morgan fingerprint density at radius 3 is 3.15 bits per heavy atom. The third kappa shape index (κ3) is 1.09. The summed E-state index contributed by atoms with van der Waals surface area (Å²) >= 11 is 7.81. The molecule has 0 amide bonds. The molecule has 2 aliphatic rings. The zero-order chi connectivity index (χ0) is 8.89. The van der Waals surface area contributed by atoms with Crippen LogP contribution >= 0.6 is 22.9 Å². The van der Waals surface area contributed by atoms with E-state index < -0.39 is 0 Å². The summed E-state index contributed by atoms with van der Waals surface area (Å²) in [4.78, 5) is 1.54. The van der Waals surface area contributed by atoms with Crippen molar-refractivity contribution in [3.63, 3.8) is 0 Å². The van der Waals surface area contributed by atoms with Crippen molar-refractivity contribution < 1.29 is 0 Å². The molecule has 3 heteroatoms. The number of thiophene rings is 1. The van der Waals surface area contributed by atoms with Crippen molar-refractivity contribution in [2.24, 2.45) is 0 Å². The van der Waals surface area contributed by atoms with Crippen molar-refractivity contribution in [2.75, 3.05) is 13.1 Å². The van der Waals surface area contributed by atoms with Gasteiger partial charge in [-0.1, -0.05) is 11.6 Å². The van der Waals surface area contributed by atoms with Gasteiger partial charge in [-0.15, -0.1) is 11.3 Å². The van der Waals surface area contributed by atoms with Gasteiger partial charge in [0, 0.05) is 16.8 Å². The molecular weight excluding hydrogens is 202 g/mol. The van der Waals surface area contributed by atoms with E-state index in [1.165, 1.54) is 30.7 Å². The lowest BCUT2D eigenvalue weighted by Crippen LogP contribution is -2.25. The van der Waals surface area contributed by atoms with E-state index in [1.54, 1.807) is 16.9 Å². The summed E-state index contributed by atoms with van der Waals surface area (Å²) in [7, 11) is 0. The van der Waals surface area contributed by atoms with Crippen LogP contribution in [0.25, 0.3) is 0 Å². The van der Waals surface area contributed by atoms with E-state index in [4.69, 9.17) is 11.6 Å². The number of rotatable bonds is 0.